The Kier molecular flexibility index (Phi) is 22.4. The number of benzene rings is 5. The number of ether oxygens (including phenoxy) is 4. The van der Waals surface area contributed by atoms with Crippen molar-refractivity contribution in [2.24, 2.45) is 5.92 Å². The molecule has 79 heavy (non-hydrogen) atoms. The van der Waals surface area contributed by atoms with Gasteiger partial charge in [0.1, 0.15) is 37.4 Å². The molecule has 6 aromatic rings. The minimum atomic E-state index is -1.54. The first kappa shape index (κ1) is 58.7. The van der Waals surface area contributed by atoms with Crippen LogP contribution in [0.2, 0.25) is 0 Å². The van der Waals surface area contributed by atoms with Crippen LogP contribution < -0.4 is 20.7 Å². The van der Waals surface area contributed by atoms with Crippen molar-refractivity contribution < 1.29 is 76.5 Å². The Hall–Kier alpha value is -9.59. The lowest BCUT2D eigenvalue weighted by Gasteiger charge is -2.31. The predicted molar refractivity (Wildman–Crippen MR) is 283 cm³/mol. The summed E-state index contributed by atoms with van der Waals surface area (Å²) in [6.07, 6.45) is 2.31. The lowest BCUT2D eigenvalue weighted by Crippen LogP contribution is -2.49. The summed E-state index contributed by atoms with van der Waals surface area (Å²) < 4.78 is 28.1. The Bertz CT molecular complexity index is 3040. The molecule has 4 N–H and O–H groups in total. The molecular formula is C59H60N4O16. The summed E-state index contributed by atoms with van der Waals surface area (Å²) in [7, 11) is 0. The van der Waals surface area contributed by atoms with Gasteiger partial charge in [-0.25, -0.2) is 19.2 Å². The van der Waals surface area contributed by atoms with E-state index in [1.165, 1.54) is 48.5 Å². The molecule has 0 radical (unpaired) electrons. The second-order valence-electron chi connectivity index (χ2n) is 17.8. The van der Waals surface area contributed by atoms with E-state index in [2.05, 4.69) is 16.0 Å². The fourth-order valence-corrected chi connectivity index (χ4v) is 8.02. The highest BCUT2D eigenvalue weighted by Crippen LogP contribution is 2.30. The number of aromatic carboxylic acids is 1. The lowest BCUT2D eigenvalue weighted by molar-refractivity contribution is -0.171. The van der Waals surface area contributed by atoms with Crippen LogP contribution >= 0.6 is 0 Å². The number of carbonyl (C=O) groups is 9. The first-order chi connectivity index (χ1) is 38.3. The van der Waals surface area contributed by atoms with Crippen molar-refractivity contribution in [3.63, 3.8) is 0 Å². The first-order valence-electron chi connectivity index (χ1n) is 25.4. The number of carboxylic acid groups (broad SMARTS) is 1. The summed E-state index contributed by atoms with van der Waals surface area (Å²) in [6, 6.07) is 36.1. The number of hydrogen-bond acceptors (Lipinski definition) is 15. The third-order valence-corrected chi connectivity index (χ3v) is 12.2. The summed E-state index contributed by atoms with van der Waals surface area (Å²) in [5.41, 5.74) is 1.88. The standard InChI is InChI=1S/C59H60N4O16/c1-3-5-9-25-45(48(4-2)63(38-64)79-58(72)44-24-16-23-43(30-44)57(70)71)54(67)60-37-61-56(69)50-29-28-49(78-50)42-26-27-46(51(31-42)74-36-53(66)76-34-40-19-12-7-13-20-40)55(68)62-47(59(73)77-35-41-21-14-8-15-22-41)32-52(65)75-33-39-17-10-6-11-18-39/h6-8,10-24,26-31,38,45,47-48H,3-5,9,25,32-37H2,1-2H3,(H,60,67)(H,61,69)(H,62,68)(H,70,71). The SMILES string of the molecule is CCCCCC(C(=O)NCNC(=O)c1ccc(-c2ccc(C(=O)NC(CC(=O)OCc3ccccc3)C(=O)OCc3ccccc3)c(OCC(=O)OCc3ccccc3)c2)o1)C(CC)N(C=O)OC(=O)c1cccc(C(=O)O)c1. The van der Waals surface area contributed by atoms with Crippen LogP contribution in [0.25, 0.3) is 11.3 Å². The predicted octanol–water partition coefficient (Wildman–Crippen LogP) is 7.75. The van der Waals surface area contributed by atoms with Gasteiger partial charge in [0.15, 0.2) is 12.4 Å². The van der Waals surface area contributed by atoms with Gasteiger partial charge in [-0.05, 0) is 72.0 Å². The van der Waals surface area contributed by atoms with Gasteiger partial charge in [-0.2, -0.15) is 5.06 Å². The zero-order valence-corrected chi connectivity index (χ0v) is 43.5. The normalized spacial score (nSPS) is 11.8. The van der Waals surface area contributed by atoms with Crippen molar-refractivity contribution in [3.05, 3.63) is 185 Å². The highest BCUT2D eigenvalue weighted by Gasteiger charge is 2.34. The van der Waals surface area contributed by atoms with Crippen LogP contribution in [0, 0.1) is 5.92 Å². The molecule has 0 aliphatic rings. The Labute approximate surface area is 455 Å². The number of hydrogen-bond donors (Lipinski definition) is 4. The molecule has 1 heterocycles. The van der Waals surface area contributed by atoms with E-state index in [0.717, 1.165) is 24.0 Å². The molecule has 0 saturated carbocycles. The smallest absolute Gasteiger partial charge is 0.363 e. The molecule has 6 rings (SSSR count). The fourth-order valence-electron chi connectivity index (χ4n) is 8.02. The van der Waals surface area contributed by atoms with Crippen molar-refractivity contribution in [1.82, 2.24) is 21.0 Å². The van der Waals surface area contributed by atoms with Crippen LogP contribution in [0.15, 0.2) is 150 Å². The van der Waals surface area contributed by atoms with E-state index in [0.29, 0.717) is 23.1 Å². The van der Waals surface area contributed by atoms with E-state index in [9.17, 15) is 48.3 Å². The number of rotatable bonds is 30. The molecule has 1 aromatic heterocycles. The maximum atomic E-state index is 14.2. The van der Waals surface area contributed by atoms with Gasteiger partial charge < -0.3 is 49.3 Å². The summed E-state index contributed by atoms with van der Waals surface area (Å²) in [6.45, 7) is 2.32. The number of hydroxylamine groups is 2. The molecule has 20 nitrogen and oxygen atoms in total. The molecule has 0 saturated heterocycles. The summed E-state index contributed by atoms with van der Waals surface area (Å²) in [4.78, 5) is 123. The van der Waals surface area contributed by atoms with Crippen LogP contribution in [0.3, 0.4) is 0 Å². The van der Waals surface area contributed by atoms with Crippen molar-refractivity contribution in [1.29, 1.82) is 0 Å². The second kappa shape index (κ2) is 30.2. The van der Waals surface area contributed by atoms with Gasteiger partial charge in [-0.15, -0.1) is 0 Å². The van der Waals surface area contributed by atoms with E-state index in [1.54, 1.807) is 91.9 Å². The highest BCUT2D eigenvalue weighted by molar-refractivity contribution is 6.00. The molecule has 3 atom stereocenters. The number of furan rings is 1. The van der Waals surface area contributed by atoms with Crippen LogP contribution in [-0.4, -0.2) is 89.5 Å². The van der Waals surface area contributed by atoms with Gasteiger partial charge >= 0.3 is 29.8 Å². The fraction of sp³-hybridized carbons (Fsp3) is 0.271. The second-order valence-corrected chi connectivity index (χ2v) is 17.8. The maximum Gasteiger partial charge on any atom is 0.363 e. The van der Waals surface area contributed by atoms with Gasteiger partial charge in [0.2, 0.25) is 12.3 Å². The van der Waals surface area contributed by atoms with Crippen molar-refractivity contribution in [2.45, 2.75) is 84.3 Å². The minimum Gasteiger partial charge on any atom is -0.481 e. The third kappa shape index (κ3) is 18.0. The van der Waals surface area contributed by atoms with Crippen LogP contribution in [-0.2, 0) is 62.8 Å². The molecule has 0 aliphatic heterocycles. The zero-order valence-electron chi connectivity index (χ0n) is 43.5. The maximum absolute atomic E-state index is 14.2. The monoisotopic (exact) mass is 1080 g/mol. The van der Waals surface area contributed by atoms with E-state index < -0.39 is 78.6 Å². The molecule has 0 spiro atoms. The largest absolute Gasteiger partial charge is 0.481 e. The van der Waals surface area contributed by atoms with E-state index in [1.807, 2.05) is 13.0 Å². The van der Waals surface area contributed by atoms with Crippen molar-refractivity contribution >= 4 is 54.0 Å². The van der Waals surface area contributed by atoms with Crippen molar-refractivity contribution in [2.75, 3.05) is 13.3 Å². The Morgan fingerprint density at radius 2 is 1.28 bits per heavy atom. The van der Waals surface area contributed by atoms with Gasteiger partial charge in [0.25, 0.3) is 11.8 Å². The molecule has 0 aliphatic carbocycles. The molecule has 20 heteroatoms. The average Bonchev–Trinajstić information content (AvgIpc) is 3.99. The summed E-state index contributed by atoms with van der Waals surface area (Å²) >= 11 is 0. The van der Waals surface area contributed by atoms with E-state index >= 15 is 0 Å². The molecule has 412 valence electrons. The van der Waals surface area contributed by atoms with Gasteiger partial charge in [0.05, 0.1) is 41.7 Å². The molecule has 0 fully saturated rings. The van der Waals surface area contributed by atoms with E-state index in [-0.39, 0.29) is 85.3 Å². The lowest BCUT2D eigenvalue weighted by atomic mass is 9.90. The minimum absolute atomic E-state index is 0.0617. The van der Waals surface area contributed by atoms with E-state index in [4.69, 9.17) is 28.2 Å². The highest BCUT2D eigenvalue weighted by atomic mass is 16.7. The molecule has 0 bridgehead atoms. The topological polar surface area (TPSA) is 272 Å². The van der Waals surface area contributed by atoms with Gasteiger partial charge in [0, 0.05) is 5.56 Å². The number of carbonyl (C=O) groups excluding carboxylic acids is 8. The summed E-state index contributed by atoms with van der Waals surface area (Å²) in [5.74, 6) is -8.13. The third-order valence-electron chi connectivity index (χ3n) is 12.2. The van der Waals surface area contributed by atoms with Crippen LogP contribution in [0.1, 0.15) is 111 Å². The molecule has 5 aromatic carbocycles. The van der Waals surface area contributed by atoms with Gasteiger partial charge in [-0.1, -0.05) is 136 Å². The molecule has 3 unspecified atom stereocenters. The van der Waals surface area contributed by atoms with Crippen molar-refractivity contribution in [3.8, 4) is 17.1 Å². The first-order valence-corrected chi connectivity index (χ1v) is 25.4. The molecular weight excluding hydrogens is 1020 g/mol. The zero-order chi connectivity index (χ0) is 56.5. The average molecular weight is 1080 g/mol. The molecule has 4 amide bonds. The van der Waals surface area contributed by atoms with Gasteiger partial charge in [-0.3, -0.25) is 24.0 Å². The summed E-state index contributed by atoms with van der Waals surface area (Å²) in [5, 5.41) is 17.9. The van der Waals surface area contributed by atoms with Crippen LogP contribution in [0.5, 0.6) is 5.75 Å². The number of unbranched alkanes of at least 4 members (excludes halogenated alkanes) is 2. The number of nitrogens with zero attached hydrogens (tertiary/aromatic N) is 1. The number of amides is 4. The quantitative estimate of drug-likeness (QED) is 0.00838. The Morgan fingerprint density at radius 1 is 0.658 bits per heavy atom. The number of nitrogens with one attached hydrogen (secondary N) is 3. The Morgan fingerprint density at radius 3 is 1.89 bits per heavy atom. The Balaban J connectivity index is 1.16. The number of carboxylic acids is 1. The number of esters is 3. The van der Waals surface area contributed by atoms with Crippen LogP contribution in [0.4, 0.5) is 0 Å².